The molecule has 84 valence electrons. The Bertz CT molecular complexity index is 529. The number of anilines is 1. The number of rotatable bonds is 1. The molecule has 0 spiro atoms. The molecule has 1 aromatic carbocycles. The molecule has 0 atom stereocenters. The molecule has 2 aromatic rings. The molecule has 0 saturated carbocycles. The predicted molar refractivity (Wildman–Crippen MR) is 65.5 cm³/mol. The highest BCUT2D eigenvalue weighted by Crippen LogP contribution is 2.32. The second kappa shape index (κ2) is 3.90. The van der Waals surface area contributed by atoms with Gasteiger partial charge >= 0.3 is 0 Å². The summed E-state index contributed by atoms with van der Waals surface area (Å²) in [4.78, 5) is 0. The lowest BCUT2D eigenvalue weighted by Crippen LogP contribution is -1.97. The Balaban J connectivity index is 2.68. The topological polar surface area (TPSA) is 43.8 Å². The van der Waals surface area contributed by atoms with Crippen molar-refractivity contribution in [2.45, 2.75) is 6.92 Å². The van der Waals surface area contributed by atoms with Crippen molar-refractivity contribution in [2.24, 2.45) is 7.05 Å². The number of hydrogen-bond acceptors (Lipinski definition) is 2. The standard InChI is InChI=1S/C11H11BrFN3/c1-6-3-4-7(12)10(11(6)13)8-5-9(14)16(2)15-8/h3-5H,14H2,1-2H3. The molecule has 0 aliphatic rings. The van der Waals surface area contributed by atoms with Crippen LogP contribution in [0.3, 0.4) is 0 Å². The zero-order chi connectivity index (χ0) is 11.9. The molecule has 3 nitrogen and oxygen atoms in total. The Morgan fingerprint density at radius 3 is 2.69 bits per heavy atom. The fraction of sp³-hybridized carbons (Fsp3) is 0.182. The summed E-state index contributed by atoms with van der Waals surface area (Å²) in [6.45, 7) is 1.72. The van der Waals surface area contributed by atoms with Crippen LogP contribution in [0.1, 0.15) is 5.56 Å². The highest BCUT2D eigenvalue weighted by atomic mass is 79.9. The first-order valence-corrected chi connectivity index (χ1v) is 5.54. The van der Waals surface area contributed by atoms with Crippen molar-refractivity contribution >= 4 is 21.7 Å². The summed E-state index contributed by atoms with van der Waals surface area (Å²) in [7, 11) is 1.72. The molecule has 1 aromatic heterocycles. The van der Waals surface area contributed by atoms with Gasteiger partial charge in [0.15, 0.2) is 0 Å². The van der Waals surface area contributed by atoms with E-state index in [1.54, 1.807) is 32.2 Å². The zero-order valence-corrected chi connectivity index (χ0v) is 10.5. The number of aromatic nitrogens is 2. The number of benzene rings is 1. The van der Waals surface area contributed by atoms with Crippen molar-refractivity contribution in [3.63, 3.8) is 0 Å². The average Bonchev–Trinajstić information content (AvgIpc) is 2.54. The highest BCUT2D eigenvalue weighted by molar-refractivity contribution is 9.10. The van der Waals surface area contributed by atoms with Crippen molar-refractivity contribution in [3.05, 3.63) is 34.1 Å². The van der Waals surface area contributed by atoms with E-state index in [1.165, 1.54) is 4.68 Å². The first-order valence-electron chi connectivity index (χ1n) is 4.75. The van der Waals surface area contributed by atoms with Gasteiger partial charge in [-0.25, -0.2) is 4.39 Å². The molecule has 0 unspecified atom stereocenters. The van der Waals surface area contributed by atoms with E-state index in [0.29, 0.717) is 27.1 Å². The van der Waals surface area contributed by atoms with Gasteiger partial charge in [-0.1, -0.05) is 6.07 Å². The Morgan fingerprint density at radius 1 is 1.44 bits per heavy atom. The van der Waals surface area contributed by atoms with Gasteiger partial charge in [-0.2, -0.15) is 5.10 Å². The van der Waals surface area contributed by atoms with Crippen LogP contribution < -0.4 is 5.73 Å². The molecule has 1 heterocycles. The van der Waals surface area contributed by atoms with Crippen molar-refractivity contribution in [1.82, 2.24) is 9.78 Å². The lowest BCUT2D eigenvalue weighted by Gasteiger charge is -2.05. The lowest BCUT2D eigenvalue weighted by molar-refractivity contribution is 0.620. The number of nitrogen functional groups attached to an aromatic ring is 1. The Hall–Kier alpha value is -1.36. The number of aryl methyl sites for hydroxylation is 2. The number of nitrogens with two attached hydrogens (primary N) is 1. The van der Waals surface area contributed by atoms with Gasteiger partial charge in [-0.15, -0.1) is 0 Å². The molecule has 0 bridgehead atoms. The summed E-state index contributed by atoms with van der Waals surface area (Å²) in [6.07, 6.45) is 0. The van der Waals surface area contributed by atoms with Gasteiger partial charge in [0.2, 0.25) is 0 Å². The van der Waals surface area contributed by atoms with E-state index in [9.17, 15) is 4.39 Å². The van der Waals surface area contributed by atoms with Crippen LogP contribution >= 0.6 is 15.9 Å². The third kappa shape index (κ3) is 1.71. The summed E-state index contributed by atoms with van der Waals surface area (Å²) in [6, 6.07) is 5.18. The fourth-order valence-electron chi connectivity index (χ4n) is 1.50. The maximum atomic E-state index is 14.0. The first-order chi connectivity index (χ1) is 7.50. The maximum Gasteiger partial charge on any atom is 0.136 e. The summed E-state index contributed by atoms with van der Waals surface area (Å²) in [5, 5.41) is 4.16. The third-order valence-corrected chi connectivity index (χ3v) is 3.12. The largest absolute Gasteiger partial charge is 0.384 e. The van der Waals surface area contributed by atoms with Gasteiger partial charge in [-0.3, -0.25) is 4.68 Å². The first kappa shape index (κ1) is 11.1. The van der Waals surface area contributed by atoms with Crippen LogP contribution in [0.2, 0.25) is 0 Å². The molecule has 2 rings (SSSR count). The smallest absolute Gasteiger partial charge is 0.136 e. The second-order valence-electron chi connectivity index (χ2n) is 3.63. The highest BCUT2D eigenvalue weighted by Gasteiger charge is 2.15. The van der Waals surface area contributed by atoms with Crippen LogP contribution in [0.25, 0.3) is 11.3 Å². The molecule has 0 fully saturated rings. The molecule has 0 aliphatic carbocycles. The average molecular weight is 284 g/mol. The van der Waals surface area contributed by atoms with Crippen molar-refractivity contribution < 1.29 is 4.39 Å². The molecule has 0 radical (unpaired) electrons. The van der Waals surface area contributed by atoms with Crippen LogP contribution in [-0.2, 0) is 7.05 Å². The van der Waals surface area contributed by atoms with Gasteiger partial charge < -0.3 is 5.73 Å². The van der Waals surface area contributed by atoms with E-state index < -0.39 is 0 Å². The summed E-state index contributed by atoms with van der Waals surface area (Å²) in [5.41, 5.74) is 7.25. The van der Waals surface area contributed by atoms with Gasteiger partial charge in [-0.05, 0) is 34.5 Å². The number of hydrogen-bond donors (Lipinski definition) is 1. The Morgan fingerprint density at radius 2 is 2.12 bits per heavy atom. The van der Waals surface area contributed by atoms with Gasteiger partial charge in [0.25, 0.3) is 0 Å². The summed E-state index contributed by atoms with van der Waals surface area (Å²) >= 11 is 3.32. The second-order valence-corrected chi connectivity index (χ2v) is 4.49. The van der Waals surface area contributed by atoms with Crippen molar-refractivity contribution in [2.75, 3.05) is 5.73 Å². The van der Waals surface area contributed by atoms with Gasteiger partial charge in [0, 0.05) is 17.6 Å². The van der Waals surface area contributed by atoms with E-state index in [4.69, 9.17) is 5.73 Å². The molecular weight excluding hydrogens is 273 g/mol. The minimum atomic E-state index is -0.271. The van der Waals surface area contributed by atoms with Crippen LogP contribution in [0.4, 0.5) is 10.2 Å². The van der Waals surface area contributed by atoms with Crippen molar-refractivity contribution in [3.8, 4) is 11.3 Å². The number of nitrogens with zero attached hydrogens (tertiary/aromatic N) is 2. The molecule has 5 heteroatoms. The molecule has 16 heavy (non-hydrogen) atoms. The minimum Gasteiger partial charge on any atom is -0.384 e. The quantitative estimate of drug-likeness (QED) is 0.875. The SMILES string of the molecule is Cc1ccc(Br)c(-c2cc(N)n(C)n2)c1F. The number of halogens is 2. The van der Waals surface area contributed by atoms with Crippen LogP contribution in [0.15, 0.2) is 22.7 Å². The maximum absolute atomic E-state index is 14.0. The minimum absolute atomic E-state index is 0.271. The summed E-state index contributed by atoms with van der Waals surface area (Å²) in [5.74, 6) is 0.232. The molecule has 0 amide bonds. The van der Waals surface area contributed by atoms with E-state index in [1.807, 2.05) is 0 Å². The van der Waals surface area contributed by atoms with E-state index in [-0.39, 0.29) is 5.82 Å². The molecular formula is C11H11BrFN3. The summed E-state index contributed by atoms with van der Waals surface area (Å²) < 4.78 is 16.2. The lowest BCUT2D eigenvalue weighted by atomic mass is 10.1. The van der Waals surface area contributed by atoms with E-state index >= 15 is 0 Å². The van der Waals surface area contributed by atoms with Gasteiger partial charge in [0.1, 0.15) is 11.6 Å². The Kier molecular flexibility index (Phi) is 2.71. The predicted octanol–water partition coefficient (Wildman–Crippen LogP) is 2.88. The fourth-order valence-corrected chi connectivity index (χ4v) is 2.00. The van der Waals surface area contributed by atoms with Crippen LogP contribution in [0.5, 0.6) is 0 Å². The monoisotopic (exact) mass is 283 g/mol. The molecule has 2 N–H and O–H groups in total. The zero-order valence-electron chi connectivity index (χ0n) is 8.96. The van der Waals surface area contributed by atoms with E-state index in [2.05, 4.69) is 21.0 Å². The Labute approximate surface area is 101 Å². The van der Waals surface area contributed by atoms with E-state index in [0.717, 1.165) is 0 Å². The third-order valence-electron chi connectivity index (χ3n) is 2.46. The van der Waals surface area contributed by atoms with Crippen LogP contribution in [-0.4, -0.2) is 9.78 Å². The normalized spacial score (nSPS) is 10.8. The van der Waals surface area contributed by atoms with Crippen LogP contribution in [0, 0.1) is 12.7 Å². The molecule has 0 saturated heterocycles. The van der Waals surface area contributed by atoms with Crippen molar-refractivity contribution in [1.29, 1.82) is 0 Å². The van der Waals surface area contributed by atoms with Gasteiger partial charge in [0.05, 0.1) is 11.3 Å². The molecule has 0 aliphatic heterocycles.